The number of hydrogen-bond acceptors (Lipinski definition) is 5. The molecule has 1 unspecified atom stereocenters. The average Bonchev–Trinajstić information content (AvgIpc) is 3.07. The highest BCUT2D eigenvalue weighted by molar-refractivity contribution is 5.76. The number of hydrogen-bond donors (Lipinski definition) is 2. The number of rotatable bonds is 7. The second-order valence-corrected chi connectivity index (χ2v) is 4.60. The van der Waals surface area contributed by atoms with Crippen LogP contribution >= 0.6 is 0 Å². The van der Waals surface area contributed by atoms with Crippen molar-refractivity contribution >= 4 is 5.91 Å². The molecule has 1 amide bonds. The molecule has 2 aromatic heterocycles. The van der Waals surface area contributed by atoms with E-state index in [9.17, 15) is 4.79 Å². The van der Waals surface area contributed by atoms with Crippen LogP contribution in [0.25, 0.3) is 0 Å². The molecule has 7 nitrogen and oxygen atoms in total. The van der Waals surface area contributed by atoms with Crippen molar-refractivity contribution in [2.75, 3.05) is 6.54 Å². The first-order valence-corrected chi connectivity index (χ1v) is 6.61. The summed E-state index contributed by atoms with van der Waals surface area (Å²) in [5.41, 5.74) is 6.29. The van der Waals surface area contributed by atoms with E-state index in [0.29, 0.717) is 6.54 Å². The summed E-state index contributed by atoms with van der Waals surface area (Å²) >= 11 is 0. The third-order valence-corrected chi connectivity index (χ3v) is 2.88. The van der Waals surface area contributed by atoms with E-state index in [-0.39, 0.29) is 18.5 Å². The third kappa shape index (κ3) is 3.92. The SMILES string of the molecule is CC(NC(=O)Cn1cc(CCCN)nn1)c1ccco1. The minimum atomic E-state index is -0.169. The topological polar surface area (TPSA) is 99.0 Å². The number of nitrogens with zero attached hydrogens (tertiary/aromatic N) is 3. The van der Waals surface area contributed by atoms with E-state index >= 15 is 0 Å². The lowest BCUT2D eigenvalue weighted by atomic mass is 10.2. The Morgan fingerprint density at radius 3 is 3.15 bits per heavy atom. The molecule has 0 aliphatic rings. The van der Waals surface area contributed by atoms with E-state index in [1.54, 1.807) is 18.5 Å². The van der Waals surface area contributed by atoms with Gasteiger partial charge in [0.05, 0.1) is 18.0 Å². The van der Waals surface area contributed by atoms with E-state index in [1.807, 2.05) is 13.0 Å². The molecule has 3 N–H and O–H groups in total. The molecule has 2 heterocycles. The molecule has 0 aromatic carbocycles. The van der Waals surface area contributed by atoms with E-state index in [1.165, 1.54) is 4.68 Å². The Balaban J connectivity index is 1.83. The average molecular weight is 277 g/mol. The summed E-state index contributed by atoms with van der Waals surface area (Å²) in [4.78, 5) is 11.9. The van der Waals surface area contributed by atoms with Crippen molar-refractivity contribution in [3.8, 4) is 0 Å². The molecule has 1 atom stereocenters. The summed E-state index contributed by atoms with van der Waals surface area (Å²) in [6.45, 7) is 2.62. The number of nitrogens with two attached hydrogens (primary N) is 1. The third-order valence-electron chi connectivity index (χ3n) is 2.88. The number of nitrogens with one attached hydrogen (secondary N) is 1. The molecule has 108 valence electrons. The van der Waals surface area contributed by atoms with Crippen LogP contribution < -0.4 is 11.1 Å². The smallest absolute Gasteiger partial charge is 0.242 e. The Labute approximate surface area is 117 Å². The molecule has 20 heavy (non-hydrogen) atoms. The molecule has 0 radical (unpaired) electrons. The monoisotopic (exact) mass is 277 g/mol. The molecule has 0 saturated carbocycles. The molecule has 0 fully saturated rings. The standard InChI is InChI=1S/C13H19N5O2/c1-10(12-5-3-7-20-12)15-13(19)9-18-8-11(16-17-18)4-2-6-14/h3,5,7-8,10H,2,4,6,9,14H2,1H3,(H,15,19). The van der Waals surface area contributed by atoms with Crippen LogP contribution in [0.1, 0.15) is 30.8 Å². The van der Waals surface area contributed by atoms with Crippen LogP contribution in [0, 0.1) is 0 Å². The first-order chi connectivity index (χ1) is 9.69. The van der Waals surface area contributed by atoms with Crippen molar-refractivity contribution < 1.29 is 9.21 Å². The number of furan rings is 1. The van der Waals surface area contributed by atoms with Crippen molar-refractivity contribution in [2.45, 2.75) is 32.4 Å². The summed E-state index contributed by atoms with van der Waals surface area (Å²) in [6, 6.07) is 3.45. The molecule has 0 spiro atoms. The summed E-state index contributed by atoms with van der Waals surface area (Å²) in [5, 5.41) is 10.8. The zero-order valence-electron chi connectivity index (χ0n) is 11.5. The lowest BCUT2D eigenvalue weighted by Gasteiger charge is -2.10. The number of amides is 1. The van der Waals surface area contributed by atoms with Gasteiger partial charge in [-0.3, -0.25) is 4.79 Å². The number of aryl methyl sites for hydroxylation is 1. The second kappa shape index (κ2) is 6.85. The molecule has 2 aromatic rings. The van der Waals surface area contributed by atoms with Crippen LogP contribution in [0.15, 0.2) is 29.0 Å². The van der Waals surface area contributed by atoms with Crippen molar-refractivity contribution in [1.82, 2.24) is 20.3 Å². The maximum absolute atomic E-state index is 11.9. The Morgan fingerprint density at radius 1 is 1.60 bits per heavy atom. The van der Waals surface area contributed by atoms with Gasteiger partial charge in [-0.2, -0.15) is 0 Å². The van der Waals surface area contributed by atoms with E-state index in [0.717, 1.165) is 24.3 Å². The molecule has 2 rings (SSSR count). The van der Waals surface area contributed by atoms with E-state index < -0.39 is 0 Å². The van der Waals surface area contributed by atoms with Gasteiger partial charge in [-0.25, -0.2) is 4.68 Å². The molecule has 0 bridgehead atoms. The summed E-state index contributed by atoms with van der Waals surface area (Å²) in [7, 11) is 0. The summed E-state index contributed by atoms with van der Waals surface area (Å²) < 4.78 is 6.76. The first-order valence-electron chi connectivity index (χ1n) is 6.61. The quantitative estimate of drug-likeness (QED) is 0.773. The highest BCUT2D eigenvalue weighted by Gasteiger charge is 2.12. The van der Waals surface area contributed by atoms with Crippen molar-refractivity contribution in [3.63, 3.8) is 0 Å². The minimum absolute atomic E-state index is 0.135. The van der Waals surface area contributed by atoms with Gasteiger partial charge in [0.1, 0.15) is 12.3 Å². The van der Waals surface area contributed by atoms with Crippen LogP contribution in [-0.2, 0) is 17.8 Å². The number of aromatic nitrogens is 3. The zero-order chi connectivity index (χ0) is 14.4. The Kier molecular flexibility index (Phi) is 4.89. The molecular formula is C13H19N5O2. The molecule has 0 saturated heterocycles. The van der Waals surface area contributed by atoms with Gasteiger partial charge in [0.15, 0.2) is 0 Å². The fourth-order valence-corrected chi connectivity index (χ4v) is 1.86. The highest BCUT2D eigenvalue weighted by Crippen LogP contribution is 2.11. The van der Waals surface area contributed by atoms with Crippen molar-refractivity contribution in [2.24, 2.45) is 5.73 Å². The number of carbonyl (C=O) groups is 1. The maximum atomic E-state index is 11.9. The fourth-order valence-electron chi connectivity index (χ4n) is 1.86. The zero-order valence-corrected chi connectivity index (χ0v) is 11.5. The summed E-state index contributed by atoms with van der Waals surface area (Å²) in [5.74, 6) is 0.588. The first kappa shape index (κ1) is 14.3. The van der Waals surface area contributed by atoms with Gasteiger partial charge in [-0.15, -0.1) is 5.10 Å². The van der Waals surface area contributed by atoms with Crippen LogP contribution in [0.3, 0.4) is 0 Å². The molecule has 0 aliphatic heterocycles. The lowest BCUT2D eigenvalue weighted by molar-refractivity contribution is -0.122. The Bertz CT molecular complexity index is 535. The van der Waals surface area contributed by atoms with Crippen LogP contribution in [0.2, 0.25) is 0 Å². The van der Waals surface area contributed by atoms with E-state index in [2.05, 4.69) is 15.6 Å². The number of carbonyl (C=O) groups excluding carboxylic acids is 1. The Morgan fingerprint density at radius 2 is 2.45 bits per heavy atom. The largest absolute Gasteiger partial charge is 0.467 e. The van der Waals surface area contributed by atoms with Crippen molar-refractivity contribution in [3.05, 3.63) is 36.0 Å². The van der Waals surface area contributed by atoms with Gasteiger partial charge in [0.25, 0.3) is 0 Å². The maximum Gasteiger partial charge on any atom is 0.242 e. The predicted octanol–water partition coefficient (Wildman–Crippen LogP) is 0.640. The van der Waals surface area contributed by atoms with Gasteiger partial charge < -0.3 is 15.5 Å². The molecule has 0 aliphatic carbocycles. The lowest BCUT2D eigenvalue weighted by Crippen LogP contribution is -2.30. The van der Waals surface area contributed by atoms with Crippen molar-refractivity contribution in [1.29, 1.82) is 0 Å². The van der Waals surface area contributed by atoms with Gasteiger partial charge in [-0.1, -0.05) is 5.21 Å². The predicted molar refractivity (Wildman–Crippen MR) is 72.7 cm³/mol. The van der Waals surface area contributed by atoms with Crippen LogP contribution in [-0.4, -0.2) is 27.4 Å². The summed E-state index contributed by atoms with van der Waals surface area (Å²) in [6.07, 6.45) is 4.99. The minimum Gasteiger partial charge on any atom is -0.467 e. The van der Waals surface area contributed by atoms with Gasteiger partial charge in [-0.05, 0) is 38.4 Å². The Hall–Kier alpha value is -2.15. The van der Waals surface area contributed by atoms with Crippen LogP contribution in [0.5, 0.6) is 0 Å². The highest BCUT2D eigenvalue weighted by atomic mass is 16.3. The van der Waals surface area contributed by atoms with Gasteiger partial charge in [0.2, 0.25) is 5.91 Å². The molecular weight excluding hydrogens is 258 g/mol. The van der Waals surface area contributed by atoms with Crippen LogP contribution in [0.4, 0.5) is 0 Å². The second-order valence-electron chi connectivity index (χ2n) is 4.60. The fraction of sp³-hybridized carbons (Fsp3) is 0.462. The van der Waals surface area contributed by atoms with Gasteiger partial charge in [0, 0.05) is 6.20 Å². The molecule has 7 heteroatoms. The van der Waals surface area contributed by atoms with Gasteiger partial charge >= 0.3 is 0 Å². The van der Waals surface area contributed by atoms with E-state index in [4.69, 9.17) is 10.2 Å². The normalized spacial score (nSPS) is 12.3.